The van der Waals surface area contributed by atoms with Gasteiger partial charge in [-0.25, -0.2) is 4.99 Å². The van der Waals surface area contributed by atoms with Gasteiger partial charge in [-0.15, -0.1) is 0 Å². The number of fused-ring (bicyclic) bond motifs is 1. The maximum Gasteiger partial charge on any atom is 0.253 e. The number of nitrogens with zero attached hydrogens (tertiary/aromatic N) is 1. The Kier molecular flexibility index (Phi) is 3.70. The van der Waals surface area contributed by atoms with Crippen molar-refractivity contribution >= 4 is 23.1 Å². The molecule has 6 nitrogen and oxygen atoms in total. The molecule has 0 aromatic heterocycles. The number of benzene rings is 1. The molecule has 0 unspecified atom stereocenters. The van der Waals surface area contributed by atoms with Crippen molar-refractivity contribution in [3.8, 4) is 0 Å². The Morgan fingerprint density at radius 2 is 2.16 bits per heavy atom. The minimum atomic E-state index is -0.691. The number of primary amides is 1. The molecule has 1 aromatic carbocycles. The number of hydrogen-bond donors (Lipinski definition) is 4. The highest BCUT2D eigenvalue weighted by Gasteiger charge is 2.11. The molecule has 0 aliphatic carbocycles. The number of carbonyl (C=O) groups excluding carboxylic acids is 1. The lowest BCUT2D eigenvalue weighted by Gasteiger charge is -2.17. The molecule has 0 bridgehead atoms. The van der Waals surface area contributed by atoms with Gasteiger partial charge in [0.15, 0.2) is 0 Å². The Bertz CT molecular complexity index is 562. The standard InChI is InChI=1S/C13H17N5O/c14-7-10(13(16)19)12(15)18-9-3-4-11-8(6-9)2-1-5-17-11/h3-4,6-7,17H,1-2,5,14H2,(H2,15,18)(H2,16,19). The Hall–Kier alpha value is -2.50. The van der Waals surface area contributed by atoms with Crippen molar-refractivity contribution < 1.29 is 4.79 Å². The Morgan fingerprint density at radius 1 is 1.37 bits per heavy atom. The Labute approximate surface area is 111 Å². The topological polar surface area (TPSA) is 120 Å². The van der Waals surface area contributed by atoms with Crippen LogP contribution < -0.4 is 22.5 Å². The van der Waals surface area contributed by atoms with Crippen LogP contribution in [0.15, 0.2) is 35.0 Å². The number of hydrogen-bond acceptors (Lipinski definition) is 4. The maximum absolute atomic E-state index is 11.1. The van der Waals surface area contributed by atoms with E-state index in [9.17, 15) is 4.79 Å². The number of amidine groups is 1. The second-order valence-corrected chi connectivity index (χ2v) is 4.31. The van der Waals surface area contributed by atoms with E-state index in [4.69, 9.17) is 17.2 Å². The van der Waals surface area contributed by atoms with E-state index in [0.29, 0.717) is 5.69 Å². The fourth-order valence-electron chi connectivity index (χ4n) is 2.02. The fourth-order valence-corrected chi connectivity index (χ4v) is 2.02. The fraction of sp³-hybridized carbons (Fsp3) is 0.231. The summed E-state index contributed by atoms with van der Waals surface area (Å²) >= 11 is 0. The van der Waals surface area contributed by atoms with E-state index in [1.54, 1.807) is 0 Å². The van der Waals surface area contributed by atoms with Crippen molar-refractivity contribution in [3.63, 3.8) is 0 Å². The molecule has 1 amide bonds. The first kappa shape index (κ1) is 12.9. The van der Waals surface area contributed by atoms with Crippen molar-refractivity contribution in [2.24, 2.45) is 22.2 Å². The number of nitrogens with one attached hydrogen (secondary N) is 1. The predicted molar refractivity (Wildman–Crippen MR) is 76.0 cm³/mol. The summed E-state index contributed by atoms with van der Waals surface area (Å²) in [5.74, 6) is -0.665. The molecule has 19 heavy (non-hydrogen) atoms. The van der Waals surface area contributed by atoms with E-state index >= 15 is 0 Å². The molecule has 7 N–H and O–H groups in total. The molecule has 2 rings (SSSR count). The van der Waals surface area contributed by atoms with E-state index in [1.807, 2.05) is 18.2 Å². The largest absolute Gasteiger partial charge is 0.404 e. The molecule has 1 aliphatic rings. The van der Waals surface area contributed by atoms with Gasteiger partial charge in [0.1, 0.15) is 5.84 Å². The smallest absolute Gasteiger partial charge is 0.253 e. The Morgan fingerprint density at radius 3 is 2.84 bits per heavy atom. The van der Waals surface area contributed by atoms with Crippen molar-refractivity contribution in [1.29, 1.82) is 0 Å². The maximum atomic E-state index is 11.1. The zero-order valence-corrected chi connectivity index (χ0v) is 10.5. The summed E-state index contributed by atoms with van der Waals surface area (Å²) < 4.78 is 0. The van der Waals surface area contributed by atoms with E-state index < -0.39 is 5.91 Å². The van der Waals surface area contributed by atoms with Crippen molar-refractivity contribution in [2.75, 3.05) is 11.9 Å². The molecule has 6 heteroatoms. The molecular formula is C13H17N5O. The van der Waals surface area contributed by atoms with Crippen LogP contribution in [0.2, 0.25) is 0 Å². The summed E-state index contributed by atoms with van der Waals surface area (Å²) in [5.41, 5.74) is 19.2. The van der Waals surface area contributed by atoms with Gasteiger partial charge in [-0.3, -0.25) is 4.79 Å². The molecule has 1 aromatic rings. The molecule has 0 saturated heterocycles. The van der Waals surface area contributed by atoms with Gasteiger partial charge >= 0.3 is 0 Å². The molecule has 1 aliphatic heterocycles. The van der Waals surface area contributed by atoms with Crippen LogP contribution in [0, 0.1) is 0 Å². The third-order valence-corrected chi connectivity index (χ3v) is 2.98. The number of anilines is 1. The van der Waals surface area contributed by atoms with Crippen LogP contribution in [0.25, 0.3) is 0 Å². The summed E-state index contributed by atoms with van der Waals surface area (Å²) in [4.78, 5) is 15.3. The first-order valence-corrected chi connectivity index (χ1v) is 6.05. The van der Waals surface area contributed by atoms with E-state index in [-0.39, 0.29) is 11.4 Å². The van der Waals surface area contributed by atoms with Gasteiger partial charge in [-0.1, -0.05) is 0 Å². The van der Waals surface area contributed by atoms with Crippen LogP contribution in [-0.2, 0) is 11.2 Å². The second-order valence-electron chi connectivity index (χ2n) is 4.31. The minimum absolute atomic E-state index is 0.0239. The lowest BCUT2D eigenvalue weighted by molar-refractivity contribution is -0.114. The summed E-state index contributed by atoms with van der Waals surface area (Å²) in [6, 6.07) is 5.74. The van der Waals surface area contributed by atoms with E-state index in [0.717, 1.165) is 31.3 Å². The van der Waals surface area contributed by atoms with Gasteiger partial charge in [0.25, 0.3) is 5.91 Å². The third kappa shape index (κ3) is 2.85. The molecule has 1 heterocycles. The number of carbonyl (C=O) groups is 1. The van der Waals surface area contributed by atoms with E-state index in [1.165, 1.54) is 5.56 Å². The highest BCUT2D eigenvalue weighted by atomic mass is 16.1. The minimum Gasteiger partial charge on any atom is -0.404 e. The Balaban J connectivity index is 2.30. The monoisotopic (exact) mass is 259 g/mol. The van der Waals surface area contributed by atoms with Gasteiger partial charge in [0.2, 0.25) is 0 Å². The zero-order valence-electron chi connectivity index (χ0n) is 10.5. The van der Waals surface area contributed by atoms with Crippen LogP contribution in [0.1, 0.15) is 12.0 Å². The van der Waals surface area contributed by atoms with Crippen molar-refractivity contribution in [1.82, 2.24) is 0 Å². The van der Waals surface area contributed by atoms with Crippen LogP contribution >= 0.6 is 0 Å². The molecule has 0 fully saturated rings. The third-order valence-electron chi connectivity index (χ3n) is 2.98. The number of nitrogens with two attached hydrogens (primary N) is 3. The summed E-state index contributed by atoms with van der Waals surface area (Å²) in [6.45, 7) is 0.986. The molecule has 0 radical (unpaired) electrons. The normalized spacial score (nSPS) is 15.6. The van der Waals surface area contributed by atoms with Crippen molar-refractivity contribution in [3.05, 3.63) is 35.5 Å². The van der Waals surface area contributed by atoms with Crippen LogP contribution in [0.4, 0.5) is 11.4 Å². The van der Waals surface area contributed by atoms with Gasteiger partial charge < -0.3 is 22.5 Å². The highest BCUT2D eigenvalue weighted by molar-refractivity contribution is 6.20. The van der Waals surface area contributed by atoms with Crippen molar-refractivity contribution in [2.45, 2.75) is 12.8 Å². The summed E-state index contributed by atoms with van der Waals surface area (Å²) in [6.07, 6.45) is 3.16. The molecular weight excluding hydrogens is 242 g/mol. The van der Waals surface area contributed by atoms with Gasteiger partial charge in [-0.05, 0) is 36.6 Å². The number of aryl methyl sites for hydroxylation is 1. The van der Waals surface area contributed by atoms with Gasteiger partial charge in [-0.2, -0.15) is 0 Å². The quantitative estimate of drug-likeness (QED) is 0.356. The molecule has 0 atom stereocenters. The summed E-state index contributed by atoms with van der Waals surface area (Å²) in [5, 5.41) is 3.31. The van der Waals surface area contributed by atoms with Gasteiger partial charge in [0, 0.05) is 18.4 Å². The average molecular weight is 259 g/mol. The lowest BCUT2D eigenvalue weighted by Crippen LogP contribution is -2.27. The summed E-state index contributed by atoms with van der Waals surface area (Å²) in [7, 11) is 0. The first-order chi connectivity index (χ1) is 9.11. The highest BCUT2D eigenvalue weighted by Crippen LogP contribution is 2.26. The molecule has 0 spiro atoms. The SMILES string of the molecule is NC=C(C(N)=O)C(N)=Nc1ccc2c(c1)CCCN2. The molecule has 100 valence electrons. The second kappa shape index (κ2) is 5.43. The number of amides is 1. The molecule has 0 saturated carbocycles. The predicted octanol–water partition coefficient (Wildman–Crippen LogP) is 0.361. The number of aliphatic imine (C=N–C) groups is 1. The van der Waals surface area contributed by atoms with Crippen LogP contribution in [0.3, 0.4) is 0 Å². The zero-order chi connectivity index (χ0) is 13.8. The number of rotatable bonds is 3. The lowest BCUT2D eigenvalue weighted by atomic mass is 10.0. The average Bonchev–Trinajstić information content (AvgIpc) is 2.39. The first-order valence-electron chi connectivity index (χ1n) is 6.05. The van der Waals surface area contributed by atoms with Gasteiger partial charge in [0.05, 0.1) is 11.3 Å². The van der Waals surface area contributed by atoms with Crippen LogP contribution in [-0.4, -0.2) is 18.3 Å². The van der Waals surface area contributed by atoms with Crippen LogP contribution in [0.5, 0.6) is 0 Å². The van der Waals surface area contributed by atoms with E-state index in [2.05, 4.69) is 10.3 Å².